The summed E-state index contributed by atoms with van der Waals surface area (Å²) in [5.74, 6) is -1.40. The Morgan fingerprint density at radius 3 is 2.56 bits per heavy atom. The summed E-state index contributed by atoms with van der Waals surface area (Å²) in [4.78, 5) is 11.8. The van der Waals surface area contributed by atoms with Crippen LogP contribution in [0.15, 0.2) is 60.7 Å². The van der Waals surface area contributed by atoms with Gasteiger partial charge in [0.2, 0.25) is 0 Å². The SMILES string of the molecule is O=C(NCC(O)c1ccc2ccccc2c1)Nc1cc(F)ccc1F. The molecule has 0 radical (unpaired) electrons. The molecule has 3 rings (SSSR count). The number of anilines is 1. The van der Waals surface area contributed by atoms with Gasteiger partial charge in [-0.05, 0) is 34.5 Å². The molecule has 3 aromatic carbocycles. The minimum absolute atomic E-state index is 0.0683. The summed E-state index contributed by atoms with van der Waals surface area (Å²) >= 11 is 0. The second-order valence-corrected chi connectivity index (χ2v) is 5.58. The van der Waals surface area contributed by atoms with Gasteiger partial charge in [-0.2, -0.15) is 0 Å². The summed E-state index contributed by atoms with van der Waals surface area (Å²) in [5.41, 5.74) is 0.383. The third-order valence-corrected chi connectivity index (χ3v) is 3.79. The fraction of sp³-hybridized carbons (Fsp3) is 0.105. The fourth-order valence-electron chi connectivity index (χ4n) is 2.48. The van der Waals surface area contributed by atoms with Crippen LogP contribution in [0.4, 0.5) is 19.3 Å². The first-order valence-corrected chi connectivity index (χ1v) is 7.69. The van der Waals surface area contributed by atoms with E-state index in [0.717, 1.165) is 29.0 Å². The lowest BCUT2D eigenvalue weighted by atomic mass is 10.0. The van der Waals surface area contributed by atoms with Gasteiger partial charge < -0.3 is 15.7 Å². The maximum Gasteiger partial charge on any atom is 0.319 e. The molecule has 1 unspecified atom stereocenters. The number of nitrogens with one attached hydrogen (secondary N) is 2. The summed E-state index contributed by atoms with van der Waals surface area (Å²) in [7, 11) is 0. The van der Waals surface area contributed by atoms with Crippen molar-refractivity contribution in [3.05, 3.63) is 77.9 Å². The first-order valence-electron chi connectivity index (χ1n) is 7.69. The topological polar surface area (TPSA) is 61.4 Å². The van der Waals surface area contributed by atoms with E-state index in [1.165, 1.54) is 0 Å². The van der Waals surface area contributed by atoms with Gasteiger partial charge in [0.05, 0.1) is 11.8 Å². The van der Waals surface area contributed by atoms with E-state index in [4.69, 9.17) is 0 Å². The van der Waals surface area contributed by atoms with Crippen molar-refractivity contribution in [2.45, 2.75) is 6.10 Å². The molecular formula is C19H16F2N2O2. The molecule has 0 aliphatic rings. The molecule has 0 aliphatic carbocycles. The molecule has 1 atom stereocenters. The van der Waals surface area contributed by atoms with Gasteiger partial charge in [-0.3, -0.25) is 0 Å². The highest BCUT2D eigenvalue weighted by atomic mass is 19.1. The second kappa shape index (κ2) is 7.27. The number of amides is 2. The zero-order valence-electron chi connectivity index (χ0n) is 13.2. The van der Waals surface area contributed by atoms with Gasteiger partial charge >= 0.3 is 6.03 Å². The smallest absolute Gasteiger partial charge is 0.319 e. The zero-order valence-corrected chi connectivity index (χ0v) is 13.2. The van der Waals surface area contributed by atoms with Gasteiger partial charge in [0.15, 0.2) is 0 Å². The highest BCUT2D eigenvalue weighted by Gasteiger charge is 2.12. The Morgan fingerprint density at radius 2 is 1.76 bits per heavy atom. The lowest BCUT2D eigenvalue weighted by Gasteiger charge is -2.14. The Kier molecular flexibility index (Phi) is 4.90. The fourth-order valence-corrected chi connectivity index (χ4v) is 2.48. The van der Waals surface area contributed by atoms with Crippen molar-refractivity contribution in [1.29, 1.82) is 0 Å². The zero-order chi connectivity index (χ0) is 17.8. The number of hydrogen-bond donors (Lipinski definition) is 3. The molecule has 25 heavy (non-hydrogen) atoms. The second-order valence-electron chi connectivity index (χ2n) is 5.58. The molecule has 0 saturated carbocycles. The lowest BCUT2D eigenvalue weighted by Crippen LogP contribution is -2.32. The van der Waals surface area contributed by atoms with Crippen LogP contribution in [0.2, 0.25) is 0 Å². The summed E-state index contributed by atoms with van der Waals surface area (Å²) in [6, 6.07) is 15.3. The molecule has 128 valence electrons. The average molecular weight is 342 g/mol. The van der Waals surface area contributed by atoms with Crippen LogP contribution in [0.25, 0.3) is 10.8 Å². The normalized spacial score (nSPS) is 12.0. The summed E-state index contributed by atoms with van der Waals surface area (Å²) < 4.78 is 26.6. The predicted octanol–water partition coefficient (Wildman–Crippen LogP) is 3.97. The number of benzene rings is 3. The van der Waals surface area contributed by atoms with E-state index in [2.05, 4.69) is 10.6 Å². The third kappa shape index (κ3) is 4.10. The van der Waals surface area contributed by atoms with Crippen molar-refractivity contribution in [1.82, 2.24) is 5.32 Å². The molecule has 0 fully saturated rings. The molecule has 0 saturated heterocycles. The largest absolute Gasteiger partial charge is 0.387 e. The van der Waals surface area contributed by atoms with Gasteiger partial charge in [0.25, 0.3) is 0 Å². The molecule has 2 amide bonds. The average Bonchev–Trinajstić information content (AvgIpc) is 2.62. The number of carbonyl (C=O) groups excluding carboxylic acids is 1. The minimum atomic E-state index is -0.923. The lowest BCUT2D eigenvalue weighted by molar-refractivity contribution is 0.175. The number of urea groups is 1. The number of aliphatic hydroxyl groups excluding tert-OH is 1. The predicted molar refractivity (Wildman–Crippen MR) is 92.3 cm³/mol. The summed E-state index contributed by atoms with van der Waals surface area (Å²) in [6.45, 7) is -0.0683. The van der Waals surface area contributed by atoms with Crippen LogP contribution in [-0.2, 0) is 0 Å². The van der Waals surface area contributed by atoms with Gasteiger partial charge in [0.1, 0.15) is 11.6 Å². The molecule has 0 bridgehead atoms. The van der Waals surface area contributed by atoms with Crippen LogP contribution in [0.3, 0.4) is 0 Å². The van der Waals surface area contributed by atoms with Crippen molar-refractivity contribution >= 4 is 22.5 Å². The number of halogens is 2. The Morgan fingerprint density at radius 1 is 1.00 bits per heavy atom. The monoisotopic (exact) mass is 342 g/mol. The molecule has 0 heterocycles. The van der Waals surface area contributed by atoms with Gasteiger partial charge in [-0.15, -0.1) is 0 Å². The summed E-state index contributed by atoms with van der Waals surface area (Å²) in [6.07, 6.45) is -0.923. The molecule has 0 aliphatic heterocycles. The van der Waals surface area contributed by atoms with Crippen molar-refractivity contribution in [2.75, 3.05) is 11.9 Å². The maximum atomic E-state index is 13.5. The number of aliphatic hydroxyl groups is 1. The molecule has 3 N–H and O–H groups in total. The van der Waals surface area contributed by atoms with Crippen LogP contribution in [0.1, 0.15) is 11.7 Å². The molecule has 4 nitrogen and oxygen atoms in total. The third-order valence-electron chi connectivity index (χ3n) is 3.79. The van der Waals surface area contributed by atoms with E-state index < -0.39 is 23.8 Å². The Hall–Kier alpha value is -2.99. The molecular weight excluding hydrogens is 326 g/mol. The number of fused-ring (bicyclic) bond motifs is 1. The van der Waals surface area contributed by atoms with Gasteiger partial charge in [-0.1, -0.05) is 36.4 Å². The Balaban J connectivity index is 1.61. The van der Waals surface area contributed by atoms with Gasteiger partial charge in [0, 0.05) is 12.6 Å². The number of hydrogen-bond acceptors (Lipinski definition) is 2. The van der Waals surface area contributed by atoms with Crippen LogP contribution in [-0.4, -0.2) is 17.7 Å². The number of carbonyl (C=O) groups is 1. The quantitative estimate of drug-likeness (QED) is 0.672. The van der Waals surface area contributed by atoms with Crippen LogP contribution < -0.4 is 10.6 Å². The van der Waals surface area contributed by atoms with E-state index in [1.54, 1.807) is 6.07 Å². The molecule has 0 spiro atoms. The van der Waals surface area contributed by atoms with Crippen molar-refractivity contribution in [3.63, 3.8) is 0 Å². The first kappa shape index (κ1) is 16.9. The first-order chi connectivity index (χ1) is 12.0. The standard InChI is InChI=1S/C19H16F2N2O2/c20-15-7-8-16(21)17(10-15)23-19(25)22-11-18(24)14-6-5-12-3-1-2-4-13(12)9-14/h1-10,18,24H,11H2,(H2,22,23,25). The van der Waals surface area contributed by atoms with Gasteiger partial charge in [-0.25, -0.2) is 13.6 Å². The number of rotatable bonds is 4. The maximum absolute atomic E-state index is 13.5. The highest BCUT2D eigenvalue weighted by Crippen LogP contribution is 2.20. The molecule has 3 aromatic rings. The van der Waals surface area contributed by atoms with E-state index in [9.17, 15) is 18.7 Å². The van der Waals surface area contributed by atoms with Crippen LogP contribution >= 0.6 is 0 Å². The van der Waals surface area contributed by atoms with Crippen LogP contribution in [0.5, 0.6) is 0 Å². The van der Waals surface area contributed by atoms with Crippen molar-refractivity contribution in [3.8, 4) is 0 Å². The summed E-state index contributed by atoms with van der Waals surface area (Å²) in [5, 5.41) is 16.9. The Labute approximate surface area is 143 Å². The van der Waals surface area contributed by atoms with Crippen LogP contribution in [0, 0.1) is 11.6 Å². The van der Waals surface area contributed by atoms with E-state index in [1.807, 2.05) is 36.4 Å². The molecule has 0 aromatic heterocycles. The van der Waals surface area contributed by atoms with E-state index in [-0.39, 0.29) is 12.2 Å². The van der Waals surface area contributed by atoms with E-state index >= 15 is 0 Å². The molecule has 6 heteroatoms. The van der Waals surface area contributed by atoms with Crippen molar-refractivity contribution in [2.24, 2.45) is 0 Å². The highest BCUT2D eigenvalue weighted by molar-refractivity contribution is 5.89. The minimum Gasteiger partial charge on any atom is -0.387 e. The van der Waals surface area contributed by atoms with E-state index in [0.29, 0.717) is 5.56 Å². The Bertz CT molecular complexity index is 915. The van der Waals surface area contributed by atoms with Crippen molar-refractivity contribution < 1.29 is 18.7 Å².